The number of carbonyl (C=O) groups excluding carboxylic acids is 1. The molecule has 2 aromatic carbocycles. The van der Waals surface area contributed by atoms with Crippen molar-refractivity contribution in [1.82, 2.24) is 4.98 Å². The number of amides is 1. The molecule has 3 nitrogen and oxygen atoms in total. The van der Waals surface area contributed by atoms with Crippen molar-refractivity contribution in [2.45, 2.75) is 41.5 Å². The number of benzene rings is 2. The first-order chi connectivity index (χ1) is 12.1. The second-order valence-corrected chi connectivity index (χ2v) is 9.52. The maximum Gasteiger partial charge on any atom is 0.231 e. The van der Waals surface area contributed by atoms with Crippen molar-refractivity contribution in [3.05, 3.63) is 45.4 Å². The minimum atomic E-state index is -0.449. The monoisotopic (exact) mass is 430 g/mol. The van der Waals surface area contributed by atoms with Crippen LogP contribution in [0.4, 0.5) is 5.13 Å². The van der Waals surface area contributed by atoms with Gasteiger partial charge in [0.15, 0.2) is 5.13 Å². The molecule has 1 heterocycles. The predicted molar refractivity (Wildman–Crippen MR) is 115 cm³/mol. The summed E-state index contributed by atoms with van der Waals surface area (Å²) >= 11 is 5.23. The van der Waals surface area contributed by atoms with Crippen molar-refractivity contribution in [3.63, 3.8) is 0 Å². The molecule has 0 aliphatic heterocycles. The van der Waals surface area contributed by atoms with Gasteiger partial charge in [0.2, 0.25) is 5.91 Å². The van der Waals surface area contributed by atoms with Gasteiger partial charge in [-0.15, -0.1) is 0 Å². The number of fused-ring (bicyclic) bond motifs is 1. The Balaban J connectivity index is 2.15. The minimum absolute atomic E-state index is 0.0245. The van der Waals surface area contributed by atoms with E-state index >= 15 is 0 Å². The Morgan fingerprint density at radius 2 is 1.85 bits per heavy atom. The molecular weight excluding hydrogens is 408 g/mol. The lowest BCUT2D eigenvalue weighted by Gasteiger charge is -2.16. The number of rotatable bonds is 2. The molecule has 26 heavy (non-hydrogen) atoms. The van der Waals surface area contributed by atoms with Gasteiger partial charge in [0.25, 0.3) is 0 Å². The van der Waals surface area contributed by atoms with E-state index in [1.807, 2.05) is 20.8 Å². The van der Waals surface area contributed by atoms with Crippen LogP contribution in [0.15, 0.2) is 28.7 Å². The van der Waals surface area contributed by atoms with Crippen LogP contribution in [0.25, 0.3) is 21.3 Å². The standard InChI is InChI=1S/C21H23BrN2OS/c1-11-10-12(2)17(22)13(3)16(11)14-8-7-9-15-18(14)23-20(26-15)24-19(25)21(4,5)6/h7-10H,1-6H3,(H,23,24,25). The zero-order valence-electron chi connectivity index (χ0n) is 16.0. The lowest BCUT2D eigenvalue weighted by atomic mass is 9.93. The summed E-state index contributed by atoms with van der Waals surface area (Å²) in [5.74, 6) is -0.0245. The van der Waals surface area contributed by atoms with Gasteiger partial charge in [0, 0.05) is 15.5 Å². The van der Waals surface area contributed by atoms with Crippen molar-refractivity contribution in [1.29, 1.82) is 0 Å². The second-order valence-electron chi connectivity index (χ2n) is 7.70. The van der Waals surface area contributed by atoms with E-state index in [0.717, 1.165) is 20.3 Å². The number of hydrogen-bond donors (Lipinski definition) is 1. The van der Waals surface area contributed by atoms with Crippen molar-refractivity contribution in [2.75, 3.05) is 5.32 Å². The van der Waals surface area contributed by atoms with Crippen molar-refractivity contribution in [3.8, 4) is 11.1 Å². The molecule has 1 aromatic heterocycles. The minimum Gasteiger partial charge on any atom is -0.301 e. The Hall–Kier alpha value is -1.72. The third-order valence-electron chi connectivity index (χ3n) is 4.47. The lowest BCUT2D eigenvalue weighted by Crippen LogP contribution is -2.27. The van der Waals surface area contributed by atoms with Gasteiger partial charge in [-0.3, -0.25) is 4.79 Å². The lowest BCUT2D eigenvalue weighted by molar-refractivity contribution is -0.123. The molecule has 5 heteroatoms. The zero-order chi connectivity index (χ0) is 19.2. The number of para-hydroxylation sites is 1. The molecule has 0 bridgehead atoms. The molecule has 1 amide bonds. The average molecular weight is 431 g/mol. The molecule has 0 aliphatic carbocycles. The van der Waals surface area contributed by atoms with Gasteiger partial charge >= 0.3 is 0 Å². The number of anilines is 1. The summed E-state index contributed by atoms with van der Waals surface area (Å²) < 4.78 is 2.20. The van der Waals surface area contributed by atoms with Crippen LogP contribution in [0.3, 0.4) is 0 Å². The Kier molecular flexibility index (Phi) is 4.97. The van der Waals surface area contributed by atoms with Crippen LogP contribution in [0, 0.1) is 26.2 Å². The summed E-state index contributed by atoms with van der Waals surface area (Å²) in [5.41, 5.74) is 6.46. The smallest absolute Gasteiger partial charge is 0.231 e. The van der Waals surface area contributed by atoms with Crippen LogP contribution >= 0.6 is 27.3 Å². The van der Waals surface area contributed by atoms with Gasteiger partial charge in [-0.25, -0.2) is 4.98 Å². The number of aromatic nitrogens is 1. The Bertz CT molecular complexity index is 1020. The Morgan fingerprint density at radius 1 is 1.15 bits per heavy atom. The predicted octanol–water partition coefficient (Wildman–Crippen LogP) is 6.64. The third-order valence-corrected chi connectivity index (χ3v) is 6.62. The van der Waals surface area contributed by atoms with Crippen molar-refractivity contribution in [2.24, 2.45) is 5.41 Å². The van der Waals surface area contributed by atoms with Gasteiger partial charge in [0.1, 0.15) is 0 Å². The highest BCUT2D eigenvalue weighted by Gasteiger charge is 2.23. The van der Waals surface area contributed by atoms with Crippen LogP contribution in [0.1, 0.15) is 37.5 Å². The number of carbonyl (C=O) groups is 1. The van der Waals surface area contributed by atoms with E-state index in [9.17, 15) is 4.79 Å². The maximum atomic E-state index is 12.3. The first kappa shape index (κ1) is 19.1. The van der Waals surface area contributed by atoms with Gasteiger partial charge in [-0.1, -0.05) is 66.2 Å². The van der Waals surface area contributed by atoms with E-state index < -0.39 is 5.41 Å². The molecule has 0 spiro atoms. The summed E-state index contributed by atoms with van der Waals surface area (Å²) in [6, 6.07) is 8.41. The largest absolute Gasteiger partial charge is 0.301 e. The quantitative estimate of drug-likeness (QED) is 0.495. The summed E-state index contributed by atoms with van der Waals surface area (Å²) in [7, 11) is 0. The zero-order valence-corrected chi connectivity index (χ0v) is 18.4. The molecule has 3 aromatic rings. The molecule has 0 saturated heterocycles. The molecule has 0 atom stereocenters. The molecule has 0 aliphatic rings. The van der Waals surface area contributed by atoms with E-state index in [0.29, 0.717) is 5.13 Å². The first-order valence-corrected chi connectivity index (χ1v) is 10.2. The van der Waals surface area contributed by atoms with Crippen LogP contribution in [0.2, 0.25) is 0 Å². The number of nitrogens with zero attached hydrogens (tertiary/aromatic N) is 1. The molecule has 136 valence electrons. The Morgan fingerprint density at radius 3 is 2.50 bits per heavy atom. The maximum absolute atomic E-state index is 12.3. The molecule has 0 fully saturated rings. The summed E-state index contributed by atoms with van der Waals surface area (Å²) in [6.45, 7) is 12.1. The van der Waals surface area contributed by atoms with Gasteiger partial charge in [-0.05, 0) is 49.1 Å². The van der Waals surface area contributed by atoms with Crippen molar-refractivity contribution < 1.29 is 4.79 Å². The molecule has 1 N–H and O–H groups in total. The fourth-order valence-electron chi connectivity index (χ4n) is 3.06. The first-order valence-electron chi connectivity index (χ1n) is 8.57. The van der Waals surface area contributed by atoms with Gasteiger partial charge in [0.05, 0.1) is 10.2 Å². The SMILES string of the molecule is Cc1cc(C)c(-c2cccc3sc(NC(=O)C(C)(C)C)nc23)c(C)c1Br. The average Bonchev–Trinajstić information content (AvgIpc) is 2.95. The number of hydrogen-bond acceptors (Lipinski definition) is 3. The van der Waals surface area contributed by atoms with E-state index in [2.05, 4.69) is 66.3 Å². The summed E-state index contributed by atoms with van der Waals surface area (Å²) in [5, 5.41) is 3.61. The van der Waals surface area contributed by atoms with E-state index in [-0.39, 0.29) is 5.91 Å². The fourth-order valence-corrected chi connectivity index (χ4v) is 4.26. The second kappa shape index (κ2) is 6.78. The van der Waals surface area contributed by atoms with Crippen molar-refractivity contribution >= 4 is 48.5 Å². The molecule has 3 rings (SSSR count). The van der Waals surface area contributed by atoms with Crippen LogP contribution < -0.4 is 5.32 Å². The molecular formula is C21H23BrN2OS. The number of halogens is 1. The number of thiazole rings is 1. The highest BCUT2D eigenvalue weighted by Crippen LogP contribution is 2.39. The fraction of sp³-hybridized carbons (Fsp3) is 0.333. The normalized spacial score (nSPS) is 11.8. The van der Waals surface area contributed by atoms with Gasteiger partial charge < -0.3 is 5.32 Å². The highest BCUT2D eigenvalue weighted by atomic mass is 79.9. The summed E-state index contributed by atoms with van der Waals surface area (Å²) in [6.07, 6.45) is 0. The van der Waals surface area contributed by atoms with E-state index in [1.54, 1.807) is 0 Å². The molecule has 0 radical (unpaired) electrons. The van der Waals surface area contributed by atoms with E-state index in [4.69, 9.17) is 4.98 Å². The number of nitrogens with one attached hydrogen (secondary N) is 1. The Labute approximate surface area is 167 Å². The van der Waals surface area contributed by atoms with Crippen LogP contribution in [-0.2, 0) is 4.79 Å². The third kappa shape index (κ3) is 3.42. The van der Waals surface area contributed by atoms with Crippen LogP contribution in [-0.4, -0.2) is 10.9 Å². The molecule has 0 unspecified atom stereocenters. The van der Waals surface area contributed by atoms with E-state index in [1.165, 1.54) is 33.6 Å². The summed E-state index contributed by atoms with van der Waals surface area (Å²) in [4.78, 5) is 17.1. The van der Waals surface area contributed by atoms with Gasteiger partial charge in [-0.2, -0.15) is 0 Å². The van der Waals surface area contributed by atoms with Crippen LogP contribution in [0.5, 0.6) is 0 Å². The highest BCUT2D eigenvalue weighted by molar-refractivity contribution is 9.10. The topological polar surface area (TPSA) is 42.0 Å². The number of aryl methyl sites for hydroxylation is 2. The molecule has 0 saturated carbocycles.